The lowest BCUT2D eigenvalue weighted by Gasteiger charge is -2.11. The van der Waals surface area contributed by atoms with Crippen molar-refractivity contribution >= 4 is 5.91 Å². The third-order valence-electron chi connectivity index (χ3n) is 2.20. The zero-order valence-corrected chi connectivity index (χ0v) is 8.96. The number of unbranched alkanes of at least 4 members (excludes halogenated alkanes) is 4. The van der Waals surface area contributed by atoms with Crippen LogP contribution in [0.1, 0.15) is 39.0 Å². The predicted molar refractivity (Wildman–Crippen MR) is 56.8 cm³/mol. The molecule has 0 radical (unpaired) electrons. The Labute approximate surface area is 85.9 Å². The van der Waals surface area contributed by atoms with Gasteiger partial charge in [-0.25, -0.2) is 0 Å². The van der Waals surface area contributed by atoms with Crippen LogP contribution >= 0.6 is 0 Å². The number of primary amides is 1. The van der Waals surface area contributed by atoms with E-state index < -0.39 is 11.9 Å². The Morgan fingerprint density at radius 1 is 1.36 bits per heavy atom. The second-order valence-corrected chi connectivity index (χ2v) is 3.51. The average Bonchev–Trinajstić information content (AvgIpc) is 2.16. The Bertz CT molecular complexity index is 151. The number of aliphatic hydroxyl groups excluding tert-OH is 1. The molecule has 1 atom stereocenters. The highest BCUT2D eigenvalue weighted by Gasteiger charge is 2.11. The van der Waals surface area contributed by atoms with Gasteiger partial charge in [0.25, 0.3) is 0 Å². The predicted octanol–water partition coefficient (Wildman–Crippen LogP) is 0.393. The summed E-state index contributed by atoms with van der Waals surface area (Å²) in [4.78, 5) is 10.7. The summed E-state index contributed by atoms with van der Waals surface area (Å²) >= 11 is 0. The monoisotopic (exact) mass is 202 g/mol. The van der Waals surface area contributed by atoms with Crippen molar-refractivity contribution in [2.75, 3.05) is 13.2 Å². The molecular formula is C10H22N2O2. The highest BCUT2D eigenvalue weighted by molar-refractivity contribution is 5.79. The second-order valence-electron chi connectivity index (χ2n) is 3.51. The summed E-state index contributed by atoms with van der Waals surface area (Å²) in [6, 6.07) is -0.582. The summed E-state index contributed by atoms with van der Waals surface area (Å²) in [5.74, 6) is -0.485. The lowest BCUT2D eigenvalue weighted by molar-refractivity contribution is -0.120. The van der Waals surface area contributed by atoms with Gasteiger partial charge in [-0.2, -0.15) is 0 Å². The minimum absolute atomic E-state index is 0.218. The van der Waals surface area contributed by atoms with Crippen molar-refractivity contribution in [3.05, 3.63) is 0 Å². The van der Waals surface area contributed by atoms with Crippen molar-refractivity contribution in [1.29, 1.82) is 0 Å². The van der Waals surface area contributed by atoms with Crippen LogP contribution in [0.2, 0.25) is 0 Å². The minimum atomic E-state index is -0.582. The molecule has 1 unspecified atom stereocenters. The smallest absolute Gasteiger partial charge is 0.236 e. The molecule has 4 nitrogen and oxygen atoms in total. The zero-order valence-electron chi connectivity index (χ0n) is 8.96. The average molecular weight is 202 g/mol. The number of carbonyl (C=O) groups is 1. The standard InChI is InChI=1S/C10H22N2O2/c1-2-3-4-5-6-7-12-9(8-13)10(11)14/h9,12-13H,2-8H2,1H3,(H2,11,14). The Morgan fingerprint density at radius 3 is 2.50 bits per heavy atom. The highest BCUT2D eigenvalue weighted by atomic mass is 16.3. The first kappa shape index (κ1) is 13.4. The van der Waals surface area contributed by atoms with Crippen LogP contribution in [-0.4, -0.2) is 30.2 Å². The van der Waals surface area contributed by atoms with Crippen LogP contribution in [0.15, 0.2) is 0 Å². The van der Waals surface area contributed by atoms with Gasteiger partial charge in [0, 0.05) is 0 Å². The molecule has 0 bridgehead atoms. The van der Waals surface area contributed by atoms with Crippen LogP contribution < -0.4 is 11.1 Å². The Hall–Kier alpha value is -0.610. The fraction of sp³-hybridized carbons (Fsp3) is 0.900. The molecular weight excluding hydrogens is 180 g/mol. The van der Waals surface area contributed by atoms with Crippen molar-refractivity contribution in [2.45, 2.75) is 45.1 Å². The lowest BCUT2D eigenvalue weighted by atomic mass is 10.1. The van der Waals surface area contributed by atoms with Gasteiger partial charge in [0.15, 0.2) is 0 Å². The maximum absolute atomic E-state index is 10.7. The van der Waals surface area contributed by atoms with Crippen LogP contribution in [0.5, 0.6) is 0 Å². The minimum Gasteiger partial charge on any atom is -0.394 e. The van der Waals surface area contributed by atoms with Crippen molar-refractivity contribution in [3.8, 4) is 0 Å². The number of amides is 1. The maximum atomic E-state index is 10.7. The summed E-state index contributed by atoms with van der Waals surface area (Å²) in [5, 5.41) is 11.7. The molecule has 0 aliphatic carbocycles. The van der Waals surface area contributed by atoms with Gasteiger partial charge >= 0.3 is 0 Å². The molecule has 0 aliphatic heterocycles. The molecule has 0 spiro atoms. The van der Waals surface area contributed by atoms with Crippen molar-refractivity contribution in [2.24, 2.45) is 5.73 Å². The SMILES string of the molecule is CCCCCCCNC(CO)C(N)=O. The first-order valence-electron chi connectivity index (χ1n) is 5.36. The first-order chi connectivity index (χ1) is 6.72. The number of aliphatic hydroxyl groups is 1. The summed E-state index contributed by atoms with van der Waals surface area (Å²) in [6.07, 6.45) is 5.92. The Kier molecular flexibility index (Phi) is 8.57. The molecule has 0 aliphatic rings. The molecule has 1 amide bonds. The molecule has 4 heteroatoms. The second kappa shape index (κ2) is 8.97. The van der Waals surface area contributed by atoms with Crippen molar-refractivity contribution < 1.29 is 9.90 Å². The van der Waals surface area contributed by atoms with Crippen LogP contribution in [0.4, 0.5) is 0 Å². The van der Waals surface area contributed by atoms with E-state index in [0.717, 1.165) is 19.4 Å². The fourth-order valence-corrected chi connectivity index (χ4v) is 1.26. The number of carbonyl (C=O) groups excluding carboxylic acids is 1. The number of nitrogens with one attached hydrogen (secondary N) is 1. The summed E-state index contributed by atoms with van der Waals surface area (Å²) in [6.45, 7) is 2.70. The summed E-state index contributed by atoms with van der Waals surface area (Å²) in [5.41, 5.74) is 5.05. The van der Waals surface area contributed by atoms with E-state index in [1.165, 1.54) is 19.3 Å². The largest absolute Gasteiger partial charge is 0.394 e. The van der Waals surface area contributed by atoms with E-state index in [-0.39, 0.29) is 6.61 Å². The van der Waals surface area contributed by atoms with E-state index >= 15 is 0 Å². The quantitative estimate of drug-likeness (QED) is 0.473. The van der Waals surface area contributed by atoms with Gasteiger partial charge < -0.3 is 16.2 Å². The normalized spacial score (nSPS) is 12.7. The van der Waals surface area contributed by atoms with Crippen LogP contribution in [0.25, 0.3) is 0 Å². The van der Waals surface area contributed by atoms with Gasteiger partial charge in [-0.15, -0.1) is 0 Å². The summed E-state index contributed by atoms with van der Waals surface area (Å²) in [7, 11) is 0. The molecule has 0 saturated heterocycles. The fourth-order valence-electron chi connectivity index (χ4n) is 1.26. The molecule has 0 rings (SSSR count). The molecule has 0 aromatic heterocycles. The molecule has 0 fully saturated rings. The van der Waals surface area contributed by atoms with E-state index in [2.05, 4.69) is 12.2 Å². The lowest BCUT2D eigenvalue weighted by Crippen LogP contribution is -2.44. The van der Waals surface area contributed by atoms with Crippen LogP contribution in [0.3, 0.4) is 0 Å². The van der Waals surface area contributed by atoms with E-state index in [0.29, 0.717) is 0 Å². The molecule has 0 heterocycles. The van der Waals surface area contributed by atoms with E-state index in [9.17, 15) is 4.79 Å². The van der Waals surface area contributed by atoms with Gasteiger partial charge in [0.1, 0.15) is 6.04 Å². The highest BCUT2D eigenvalue weighted by Crippen LogP contribution is 2.01. The Balaban J connectivity index is 3.29. The van der Waals surface area contributed by atoms with E-state index in [1.54, 1.807) is 0 Å². The maximum Gasteiger partial charge on any atom is 0.236 e. The molecule has 4 N–H and O–H groups in total. The van der Waals surface area contributed by atoms with Gasteiger partial charge in [-0.1, -0.05) is 32.6 Å². The topological polar surface area (TPSA) is 75.3 Å². The molecule has 0 saturated carbocycles. The van der Waals surface area contributed by atoms with E-state index in [4.69, 9.17) is 10.8 Å². The third kappa shape index (κ3) is 6.86. The molecule has 14 heavy (non-hydrogen) atoms. The molecule has 84 valence electrons. The van der Waals surface area contributed by atoms with Gasteiger partial charge in [0.05, 0.1) is 6.61 Å². The van der Waals surface area contributed by atoms with Crippen molar-refractivity contribution in [1.82, 2.24) is 5.32 Å². The van der Waals surface area contributed by atoms with Crippen LogP contribution in [-0.2, 0) is 4.79 Å². The Morgan fingerprint density at radius 2 is 2.00 bits per heavy atom. The first-order valence-corrected chi connectivity index (χ1v) is 5.36. The van der Waals surface area contributed by atoms with Gasteiger partial charge in [0.2, 0.25) is 5.91 Å². The third-order valence-corrected chi connectivity index (χ3v) is 2.20. The van der Waals surface area contributed by atoms with Crippen LogP contribution in [0, 0.1) is 0 Å². The number of hydrogen-bond acceptors (Lipinski definition) is 3. The number of hydrogen-bond donors (Lipinski definition) is 3. The van der Waals surface area contributed by atoms with Gasteiger partial charge in [-0.3, -0.25) is 4.79 Å². The summed E-state index contributed by atoms with van der Waals surface area (Å²) < 4.78 is 0. The number of nitrogens with two attached hydrogens (primary N) is 1. The zero-order chi connectivity index (χ0) is 10.8. The van der Waals surface area contributed by atoms with E-state index in [1.807, 2.05) is 0 Å². The molecule has 0 aromatic rings. The van der Waals surface area contributed by atoms with Gasteiger partial charge in [-0.05, 0) is 13.0 Å². The van der Waals surface area contributed by atoms with Crippen molar-refractivity contribution in [3.63, 3.8) is 0 Å². The molecule has 0 aromatic carbocycles. The number of rotatable bonds is 9.